The molecule has 2 aromatic rings. The number of aliphatic carboxylic acids is 1. The zero-order chi connectivity index (χ0) is 28.2. The molecule has 2 aliphatic heterocycles. The molecule has 13 heteroatoms. The fourth-order valence-corrected chi connectivity index (χ4v) is 7.15. The predicted molar refractivity (Wildman–Crippen MR) is 151 cm³/mol. The molecular weight excluding hydrogens is 542 g/mol. The number of nitrogens with one attached hydrogen (secondary N) is 1. The molecule has 2 N–H and O–H groups in total. The summed E-state index contributed by atoms with van der Waals surface area (Å²) in [7, 11) is -3.94. The first-order valence-corrected chi connectivity index (χ1v) is 14.6. The van der Waals surface area contributed by atoms with Gasteiger partial charge in [0.15, 0.2) is 5.11 Å². The van der Waals surface area contributed by atoms with E-state index < -0.39 is 27.0 Å². The third kappa shape index (κ3) is 6.79. The first-order chi connectivity index (χ1) is 18.6. The lowest BCUT2D eigenvalue weighted by Gasteiger charge is -2.37. The van der Waals surface area contributed by atoms with E-state index in [1.165, 1.54) is 36.8 Å². The van der Waals surface area contributed by atoms with Crippen LogP contribution in [0.5, 0.6) is 0 Å². The standard InChI is InChI=1S/C26H31N5O6S2/c1-19-23(25(32)33)24(21-9-5-10-22(17-21)31(34)35)27-26(38)30(19)39(36,37)16-6-11-28-12-14-29(15-13-28)18-20-7-3-2-4-8-20/h2-5,7-10,17,19H,6,11-16,18H2,1H3,(H,27,38)(H,32,33). The van der Waals surface area contributed by atoms with E-state index in [2.05, 4.69) is 27.2 Å². The summed E-state index contributed by atoms with van der Waals surface area (Å²) < 4.78 is 27.6. The number of non-ortho nitro benzene ring substituents is 1. The largest absolute Gasteiger partial charge is 0.478 e. The molecule has 0 aliphatic carbocycles. The topological polar surface area (TPSA) is 136 Å². The minimum Gasteiger partial charge on any atom is -0.478 e. The molecule has 0 aromatic heterocycles. The second kappa shape index (κ2) is 12.2. The molecule has 0 spiro atoms. The van der Waals surface area contributed by atoms with Crippen molar-refractivity contribution in [2.45, 2.75) is 25.9 Å². The number of sulfonamides is 1. The number of carboxylic acids is 1. The van der Waals surface area contributed by atoms with Crippen LogP contribution in [-0.4, -0.2) is 88.2 Å². The van der Waals surface area contributed by atoms with Crippen LogP contribution < -0.4 is 5.32 Å². The highest BCUT2D eigenvalue weighted by Gasteiger charge is 2.40. The maximum atomic E-state index is 13.3. The second-order valence-corrected chi connectivity index (χ2v) is 11.9. The Hall–Kier alpha value is -3.39. The molecule has 0 saturated carbocycles. The molecule has 2 aromatic carbocycles. The van der Waals surface area contributed by atoms with Crippen molar-refractivity contribution in [1.29, 1.82) is 0 Å². The van der Waals surface area contributed by atoms with Crippen LogP contribution in [0.1, 0.15) is 24.5 Å². The first kappa shape index (κ1) is 28.6. The third-order valence-corrected chi connectivity index (χ3v) is 9.25. The van der Waals surface area contributed by atoms with Gasteiger partial charge in [0.25, 0.3) is 5.69 Å². The average Bonchev–Trinajstić information content (AvgIpc) is 2.89. The molecular formula is C26H31N5O6S2. The Bertz CT molecular complexity index is 1370. The van der Waals surface area contributed by atoms with Crippen molar-refractivity contribution in [2.75, 3.05) is 38.5 Å². The van der Waals surface area contributed by atoms with Gasteiger partial charge in [0.1, 0.15) is 0 Å². The van der Waals surface area contributed by atoms with E-state index in [1.807, 2.05) is 18.2 Å². The summed E-state index contributed by atoms with van der Waals surface area (Å²) >= 11 is 5.35. The Morgan fingerprint density at radius 2 is 1.77 bits per heavy atom. The van der Waals surface area contributed by atoms with Crippen molar-refractivity contribution >= 4 is 44.7 Å². The lowest BCUT2D eigenvalue weighted by Crippen LogP contribution is -2.54. The Morgan fingerprint density at radius 1 is 1.10 bits per heavy atom. The summed E-state index contributed by atoms with van der Waals surface area (Å²) in [4.78, 5) is 27.4. The van der Waals surface area contributed by atoms with Gasteiger partial charge in [0.05, 0.1) is 28.0 Å². The molecule has 11 nitrogen and oxygen atoms in total. The summed E-state index contributed by atoms with van der Waals surface area (Å²) in [5.41, 5.74) is 1.09. The molecule has 4 rings (SSSR count). The number of nitrogens with zero attached hydrogens (tertiary/aromatic N) is 4. The van der Waals surface area contributed by atoms with Gasteiger partial charge in [-0.25, -0.2) is 17.5 Å². The lowest BCUT2D eigenvalue weighted by atomic mass is 9.99. The van der Waals surface area contributed by atoms with Crippen LogP contribution in [0.3, 0.4) is 0 Å². The second-order valence-electron chi connectivity index (χ2n) is 9.58. The molecule has 0 bridgehead atoms. The average molecular weight is 574 g/mol. The van der Waals surface area contributed by atoms with Crippen molar-refractivity contribution < 1.29 is 23.2 Å². The number of nitro benzene ring substituents is 1. The van der Waals surface area contributed by atoms with Gasteiger partial charge in [-0.05, 0) is 37.7 Å². The Morgan fingerprint density at radius 3 is 2.41 bits per heavy atom. The number of hydrogen-bond acceptors (Lipinski definition) is 8. The van der Waals surface area contributed by atoms with E-state index in [0.717, 1.165) is 37.0 Å². The van der Waals surface area contributed by atoms with Crippen molar-refractivity contribution in [1.82, 2.24) is 19.4 Å². The van der Waals surface area contributed by atoms with Crippen molar-refractivity contribution in [3.05, 3.63) is 81.4 Å². The van der Waals surface area contributed by atoms with Crippen LogP contribution in [0.25, 0.3) is 5.70 Å². The van der Waals surface area contributed by atoms with Gasteiger partial charge in [-0.15, -0.1) is 0 Å². The molecule has 2 heterocycles. The maximum absolute atomic E-state index is 13.3. The van der Waals surface area contributed by atoms with Crippen LogP contribution in [0, 0.1) is 10.1 Å². The highest BCUT2D eigenvalue weighted by Crippen LogP contribution is 2.30. The highest BCUT2D eigenvalue weighted by molar-refractivity contribution is 7.91. The quantitative estimate of drug-likeness (QED) is 0.248. The van der Waals surface area contributed by atoms with Gasteiger partial charge in [-0.1, -0.05) is 42.5 Å². The number of hydrogen-bond donors (Lipinski definition) is 2. The normalized spacial score (nSPS) is 19.2. The van der Waals surface area contributed by atoms with Crippen molar-refractivity contribution in [3.8, 4) is 0 Å². The number of carboxylic acid groups (broad SMARTS) is 1. The zero-order valence-corrected chi connectivity index (χ0v) is 23.2. The van der Waals surface area contributed by atoms with Crippen LogP contribution in [0.2, 0.25) is 0 Å². The van der Waals surface area contributed by atoms with Gasteiger partial charge in [-0.2, -0.15) is 0 Å². The predicted octanol–water partition coefficient (Wildman–Crippen LogP) is 2.51. The van der Waals surface area contributed by atoms with Gasteiger partial charge in [-0.3, -0.25) is 15.0 Å². The van der Waals surface area contributed by atoms with Crippen LogP contribution >= 0.6 is 12.2 Å². The number of thiocarbonyl (C=S) groups is 1. The first-order valence-electron chi connectivity index (χ1n) is 12.6. The van der Waals surface area contributed by atoms with Crippen LogP contribution in [0.4, 0.5) is 5.69 Å². The van der Waals surface area contributed by atoms with Crippen molar-refractivity contribution in [2.24, 2.45) is 0 Å². The molecule has 1 fully saturated rings. The van der Waals surface area contributed by atoms with Gasteiger partial charge >= 0.3 is 5.97 Å². The molecule has 208 valence electrons. The fraction of sp³-hybridized carbons (Fsp3) is 0.385. The summed E-state index contributed by atoms with van der Waals surface area (Å²) in [6.45, 7) is 6.41. The number of benzene rings is 2. The number of rotatable bonds is 10. The van der Waals surface area contributed by atoms with E-state index >= 15 is 0 Å². The summed E-state index contributed by atoms with van der Waals surface area (Å²) in [6.07, 6.45) is 0.372. The molecule has 2 aliphatic rings. The Balaban J connectivity index is 1.39. The summed E-state index contributed by atoms with van der Waals surface area (Å²) in [5.74, 6) is -1.53. The summed E-state index contributed by atoms with van der Waals surface area (Å²) in [5, 5.41) is 23.7. The van der Waals surface area contributed by atoms with Gasteiger partial charge in [0.2, 0.25) is 10.0 Å². The van der Waals surface area contributed by atoms with Crippen molar-refractivity contribution in [3.63, 3.8) is 0 Å². The Labute approximate surface area is 232 Å². The number of piperazine rings is 1. The minimum absolute atomic E-state index is 0.0449. The monoisotopic (exact) mass is 573 g/mol. The SMILES string of the molecule is CC1C(C(=O)O)=C(c2cccc([N+](=O)[O-])c2)NC(=S)N1S(=O)(=O)CCCN1CCN(Cc2ccccc2)CC1. The molecule has 1 atom stereocenters. The summed E-state index contributed by atoms with van der Waals surface area (Å²) in [6, 6.07) is 14.6. The smallest absolute Gasteiger partial charge is 0.335 e. The number of nitro groups is 1. The molecule has 1 unspecified atom stereocenters. The fourth-order valence-electron chi connectivity index (χ4n) is 4.97. The lowest BCUT2D eigenvalue weighted by molar-refractivity contribution is -0.384. The van der Waals surface area contributed by atoms with Gasteiger partial charge in [0, 0.05) is 50.4 Å². The number of carbonyl (C=O) groups is 1. The van der Waals surface area contributed by atoms with E-state index in [-0.39, 0.29) is 33.4 Å². The highest BCUT2D eigenvalue weighted by atomic mass is 32.2. The van der Waals surface area contributed by atoms with E-state index in [4.69, 9.17) is 12.2 Å². The molecule has 1 saturated heterocycles. The third-order valence-electron chi connectivity index (χ3n) is 6.94. The van der Waals surface area contributed by atoms with E-state index in [1.54, 1.807) is 0 Å². The zero-order valence-electron chi connectivity index (χ0n) is 21.5. The molecule has 0 amide bonds. The Kier molecular flexibility index (Phi) is 8.95. The minimum atomic E-state index is -3.94. The van der Waals surface area contributed by atoms with E-state index in [0.29, 0.717) is 13.0 Å². The van der Waals surface area contributed by atoms with E-state index in [9.17, 15) is 28.4 Å². The van der Waals surface area contributed by atoms with Crippen LogP contribution in [0.15, 0.2) is 60.2 Å². The maximum Gasteiger partial charge on any atom is 0.335 e. The van der Waals surface area contributed by atoms with Gasteiger partial charge < -0.3 is 15.3 Å². The molecule has 39 heavy (non-hydrogen) atoms. The van der Waals surface area contributed by atoms with Crippen LogP contribution in [-0.2, 0) is 21.4 Å². The molecule has 0 radical (unpaired) electrons.